The lowest BCUT2D eigenvalue weighted by Crippen LogP contribution is -2.38. The highest BCUT2D eigenvalue weighted by molar-refractivity contribution is 7.83. The summed E-state index contributed by atoms with van der Waals surface area (Å²) in [6, 6.07) is 15.7. The normalized spacial score (nSPS) is 19.4. The van der Waals surface area contributed by atoms with E-state index < -0.39 is 16.2 Å². The molecule has 160 valence electrons. The van der Waals surface area contributed by atoms with E-state index in [1.54, 1.807) is 4.68 Å². The van der Waals surface area contributed by atoms with Crippen molar-refractivity contribution in [2.45, 2.75) is 49.5 Å². The summed E-state index contributed by atoms with van der Waals surface area (Å²) in [5, 5.41) is 8.60. The van der Waals surface area contributed by atoms with Gasteiger partial charge in [-0.05, 0) is 49.6 Å². The fraction of sp³-hybridized carbons (Fsp3) is 0.333. The van der Waals surface area contributed by atoms with Crippen LogP contribution in [0.2, 0.25) is 5.02 Å². The number of fused-ring (bicyclic) bond motifs is 1. The lowest BCUT2D eigenvalue weighted by molar-refractivity contribution is -0.121. The lowest BCUT2D eigenvalue weighted by Gasteiger charge is -2.28. The van der Waals surface area contributed by atoms with Crippen molar-refractivity contribution < 1.29 is 9.00 Å². The van der Waals surface area contributed by atoms with Gasteiger partial charge in [-0.2, -0.15) is 5.10 Å². The first-order valence-electron chi connectivity index (χ1n) is 10.6. The monoisotopic (exact) mass is 453 g/mol. The molecule has 0 spiro atoms. The molecule has 0 radical (unpaired) electrons. The summed E-state index contributed by atoms with van der Waals surface area (Å²) >= 11 is 6.09. The zero-order valence-corrected chi connectivity index (χ0v) is 18.9. The first-order chi connectivity index (χ1) is 15.0. The quantitative estimate of drug-likeness (QED) is 0.601. The standard InChI is InChI=1S/C24H24ClN3O2S/c1-16-4-10-19(11-5-16)28-22(20-14-31(30)15-21(20)27-28)26-23(29)24(12-2-3-13-24)17-6-8-18(25)9-7-17/h4-11H,2-3,12-15H2,1H3,(H,26,29)/t31-/m0/s1. The van der Waals surface area contributed by atoms with Crippen molar-refractivity contribution in [1.82, 2.24) is 9.78 Å². The van der Waals surface area contributed by atoms with Crippen LogP contribution < -0.4 is 5.32 Å². The minimum atomic E-state index is -0.974. The molecule has 0 unspecified atom stereocenters. The molecular formula is C24H24ClN3O2S. The Labute approximate surface area is 189 Å². The number of rotatable bonds is 4. The Kier molecular flexibility index (Phi) is 5.22. The predicted molar refractivity (Wildman–Crippen MR) is 124 cm³/mol. The summed E-state index contributed by atoms with van der Waals surface area (Å²) in [5.74, 6) is 1.47. The fourth-order valence-corrected chi connectivity index (χ4v) is 6.14. The highest BCUT2D eigenvalue weighted by Crippen LogP contribution is 2.43. The molecule has 0 bridgehead atoms. The summed E-state index contributed by atoms with van der Waals surface area (Å²) in [7, 11) is -0.974. The van der Waals surface area contributed by atoms with Gasteiger partial charge in [0.25, 0.3) is 0 Å². The second-order valence-corrected chi connectivity index (χ2v) is 10.4. The largest absolute Gasteiger partial charge is 0.310 e. The Morgan fingerprint density at radius 3 is 2.42 bits per heavy atom. The van der Waals surface area contributed by atoms with E-state index >= 15 is 0 Å². The van der Waals surface area contributed by atoms with Gasteiger partial charge in [-0.3, -0.25) is 9.00 Å². The molecule has 1 aliphatic carbocycles. The van der Waals surface area contributed by atoms with Crippen LogP contribution in [0.5, 0.6) is 0 Å². The number of carbonyl (C=O) groups is 1. The van der Waals surface area contributed by atoms with Crippen molar-refractivity contribution in [3.8, 4) is 5.69 Å². The summed E-state index contributed by atoms with van der Waals surface area (Å²) in [6.45, 7) is 2.04. The Bertz CT molecular complexity index is 1160. The lowest BCUT2D eigenvalue weighted by atomic mass is 9.78. The van der Waals surface area contributed by atoms with E-state index in [-0.39, 0.29) is 5.91 Å². The average Bonchev–Trinajstić information content (AvgIpc) is 3.46. The molecule has 1 fully saturated rings. The van der Waals surface area contributed by atoms with Crippen molar-refractivity contribution >= 4 is 34.1 Å². The van der Waals surface area contributed by atoms with Crippen LogP contribution in [0, 0.1) is 6.92 Å². The molecule has 7 heteroatoms. The number of amides is 1. The highest BCUT2D eigenvalue weighted by Gasteiger charge is 2.43. The Morgan fingerprint density at radius 1 is 1.06 bits per heavy atom. The maximum absolute atomic E-state index is 13.8. The first kappa shape index (κ1) is 20.5. The highest BCUT2D eigenvalue weighted by atomic mass is 35.5. The van der Waals surface area contributed by atoms with Crippen LogP contribution in [0.3, 0.4) is 0 Å². The number of anilines is 1. The molecule has 1 N–H and O–H groups in total. The van der Waals surface area contributed by atoms with Crippen LogP contribution in [0.15, 0.2) is 48.5 Å². The number of hydrogen-bond acceptors (Lipinski definition) is 3. The number of hydrogen-bond donors (Lipinski definition) is 1. The van der Waals surface area contributed by atoms with E-state index in [1.165, 1.54) is 0 Å². The van der Waals surface area contributed by atoms with E-state index in [4.69, 9.17) is 16.7 Å². The number of nitrogens with zero attached hydrogens (tertiary/aromatic N) is 2. The number of carbonyl (C=O) groups excluding carboxylic acids is 1. The van der Waals surface area contributed by atoms with Gasteiger partial charge in [0.15, 0.2) is 0 Å². The van der Waals surface area contributed by atoms with Crippen LogP contribution in [0.4, 0.5) is 5.82 Å². The topological polar surface area (TPSA) is 64.0 Å². The van der Waals surface area contributed by atoms with Gasteiger partial charge in [-0.1, -0.05) is 54.3 Å². The SMILES string of the molecule is Cc1ccc(-n2nc3c(c2NC(=O)C2(c4ccc(Cl)cc4)CCCC2)C[S@](=O)C3)cc1. The molecule has 1 atom stereocenters. The van der Waals surface area contributed by atoms with E-state index in [9.17, 15) is 9.00 Å². The van der Waals surface area contributed by atoms with Crippen molar-refractivity contribution in [2.24, 2.45) is 0 Å². The van der Waals surface area contributed by atoms with Gasteiger partial charge in [-0.15, -0.1) is 0 Å². The Hall–Kier alpha value is -2.44. The number of benzene rings is 2. The van der Waals surface area contributed by atoms with Gasteiger partial charge in [0.2, 0.25) is 5.91 Å². The fourth-order valence-electron chi connectivity index (χ4n) is 4.75. The van der Waals surface area contributed by atoms with Crippen molar-refractivity contribution in [3.63, 3.8) is 0 Å². The second-order valence-electron chi connectivity index (χ2n) is 8.50. The van der Waals surface area contributed by atoms with Crippen LogP contribution in [-0.4, -0.2) is 19.9 Å². The summed E-state index contributed by atoms with van der Waals surface area (Å²) in [6.07, 6.45) is 3.62. The molecule has 1 aromatic heterocycles. The van der Waals surface area contributed by atoms with Crippen LogP contribution in [0.25, 0.3) is 5.69 Å². The third-order valence-electron chi connectivity index (χ3n) is 6.47. The van der Waals surface area contributed by atoms with E-state index in [2.05, 4.69) is 5.32 Å². The third kappa shape index (κ3) is 3.62. The molecule has 2 aliphatic rings. The molecule has 3 aromatic rings. The molecule has 1 saturated carbocycles. The second kappa shape index (κ2) is 7.92. The molecule has 2 aromatic carbocycles. The van der Waals surface area contributed by atoms with E-state index in [0.29, 0.717) is 22.3 Å². The van der Waals surface area contributed by atoms with Crippen molar-refractivity contribution in [3.05, 3.63) is 75.9 Å². The van der Waals surface area contributed by atoms with Gasteiger partial charge in [-0.25, -0.2) is 4.68 Å². The molecule has 0 saturated heterocycles. The van der Waals surface area contributed by atoms with E-state index in [1.807, 2.05) is 55.5 Å². The maximum atomic E-state index is 13.8. The van der Waals surface area contributed by atoms with Crippen LogP contribution >= 0.6 is 11.6 Å². The number of halogens is 1. The van der Waals surface area contributed by atoms with Crippen LogP contribution in [-0.2, 0) is 32.5 Å². The Morgan fingerprint density at radius 2 is 1.74 bits per heavy atom. The molecule has 5 nitrogen and oxygen atoms in total. The summed E-state index contributed by atoms with van der Waals surface area (Å²) in [4.78, 5) is 13.8. The van der Waals surface area contributed by atoms with E-state index in [0.717, 1.165) is 53.8 Å². The Balaban J connectivity index is 1.55. The third-order valence-corrected chi connectivity index (χ3v) is 7.93. The minimum absolute atomic E-state index is 0.0268. The maximum Gasteiger partial charge on any atom is 0.236 e. The van der Waals surface area contributed by atoms with Gasteiger partial charge < -0.3 is 5.32 Å². The molecule has 5 rings (SSSR count). The zero-order valence-electron chi connectivity index (χ0n) is 17.4. The van der Waals surface area contributed by atoms with Gasteiger partial charge in [0, 0.05) is 21.4 Å². The minimum Gasteiger partial charge on any atom is -0.310 e. The van der Waals surface area contributed by atoms with Gasteiger partial charge in [0.1, 0.15) is 5.82 Å². The molecule has 2 heterocycles. The smallest absolute Gasteiger partial charge is 0.236 e. The molecule has 1 amide bonds. The van der Waals surface area contributed by atoms with Crippen molar-refractivity contribution in [1.29, 1.82) is 0 Å². The summed E-state index contributed by atoms with van der Waals surface area (Å²) in [5.41, 5.74) is 4.14. The number of aryl methyl sites for hydroxylation is 1. The molecule has 31 heavy (non-hydrogen) atoms. The number of nitrogens with one attached hydrogen (secondary N) is 1. The zero-order chi connectivity index (χ0) is 21.6. The summed E-state index contributed by atoms with van der Waals surface area (Å²) < 4.78 is 14.0. The number of aromatic nitrogens is 2. The van der Waals surface area contributed by atoms with Crippen LogP contribution in [0.1, 0.15) is 48.1 Å². The average molecular weight is 454 g/mol. The van der Waals surface area contributed by atoms with Crippen molar-refractivity contribution in [2.75, 3.05) is 5.32 Å². The predicted octanol–water partition coefficient (Wildman–Crippen LogP) is 5.05. The van der Waals surface area contributed by atoms with Gasteiger partial charge in [0.05, 0.1) is 28.3 Å². The van der Waals surface area contributed by atoms with Gasteiger partial charge >= 0.3 is 0 Å². The molecule has 1 aliphatic heterocycles. The first-order valence-corrected chi connectivity index (χ1v) is 12.4. The molecular weight excluding hydrogens is 430 g/mol.